The molecule has 2 aromatic rings. The lowest BCUT2D eigenvalue weighted by Crippen LogP contribution is -2.31. The predicted molar refractivity (Wildman–Crippen MR) is 105 cm³/mol. The number of unbranched alkanes of at least 4 members (excludes halogenated alkanes) is 1. The molecule has 0 saturated heterocycles. The van der Waals surface area contributed by atoms with Crippen molar-refractivity contribution in [3.63, 3.8) is 0 Å². The third kappa shape index (κ3) is 5.23. The normalized spacial score (nSPS) is 11.3. The summed E-state index contributed by atoms with van der Waals surface area (Å²) < 4.78 is 5.14. The van der Waals surface area contributed by atoms with Crippen LogP contribution in [0, 0.1) is 5.92 Å². The van der Waals surface area contributed by atoms with Crippen LogP contribution in [0.15, 0.2) is 72.3 Å². The zero-order chi connectivity index (χ0) is 19.6. The monoisotopic (exact) mass is 364 g/mol. The largest absolute Gasteiger partial charge is 0.463 e. The third-order valence-corrected chi connectivity index (χ3v) is 4.12. The van der Waals surface area contributed by atoms with Gasteiger partial charge in [0.2, 0.25) is 0 Å². The summed E-state index contributed by atoms with van der Waals surface area (Å²) >= 11 is 0. The van der Waals surface area contributed by atoms with Gasteiger partial charge in [-0.1, -0.05) is 80.1 Å². The smallest absolute Gasteiger partial charge is 0.334 e. The Hall–Kier alpha value is -3.01. The third-order valence-electron chi connectivity index (χ3n) is 4.12. The topological polar surface area (TPSA) is 60.4 Å². The molecule has 27 heavy (non-hydrogen) atoms. The van der Waals surface area contributed by atoms with Gasteiger partial charge in [-0.2, -0.15) is 0 Å². The lowest BCUT2D eigenvalue weighted by Gasteiger charge is -2.18. The van der Waals surface area contributed by atoms with E-state index in [1.807, 2.05) is 6.92 Å². The van der Waals surface area contributed by atoms with Crippen LogP contribution in [-0.2, 0) is 9.53 Å². The molecule has 0 aromatic heterocycles. The fourth-order valence-electron chi connectivity index (χ4n) is 2.77. The average molecular weight is 364 g/mol. The molecule has 0 heterocycles. The molecule has 0 saturated carbocycles. The summed E-state index contributed by atoms with van der Waals surface area (Å²) in [7, 11) is 0. The van der Waals surface area contributed by atoms with Crippen LogP contribution >= 0.6 is 0 Å². The fraction of sp³-hybridized carbons (Fsp3) is 0.261. The van der Waals surface area contributed by atoms with Crippen LogP contribution in [0.25, 0.3) is 0 Å². The Kier molecular flexibility index (Phi) is 7.68. The minimum atomic E-state index is -1.22. The van der Waals surface area contributed by atoms with E-state index in [1.165, 1.54) is 0 Å². The first-order valence-corrected chi connectivity index (χ1v) is 9.15. The minimum Gasteiger partial charge on any atom is -0.463 e. The van der Waals surface area contributed by atoms with Gasteiger partial charge in [0.1, 0.15) is 5.92 Å². The molecule has 0 bridgehead atoms. The highest BCUT2D eigenvalue weighted by molar-refractivity contribution is 6.21. The highest BCUT2D eigenvalue weighted by atomic mass is 16.5. The van der Waals surface area contributed by atoms with Gasteiger partial charge < -0.3 is 4.74 Å². The molecule has 0 N–H and O–H groups in total. The van der Waals surface area contributed by atoms with Crippen molar-refractivity contribution in [2.24, 2.45) is 5.92 Å². The van der Waals surface area contributed by atoms with Crippen LogP contribution in [-0.4, -0.2) is 24.1 Å². The van der Waals surface area contributed by atoms with E-state index >= 15 is 0 Å². The first-order chi connectivity index (χ1) is 13.1. The summed E-state index contributed by atoms with van der Waals surface area (Å²) in [5.41, 5.74) is 0.887. The number of allylic oxidation sites excluding steroid dienone is 1. The van der Waals surface area contributed by atoms with Gasteiger partial charge in [-0.3, -0.25) is 9.59 Å². The average Bonchev–Trinajstić information content (AvgIpc) is 2.71. The van der Waals surface area contributed by atoms with Crippen LogP contribution in [0.4, 0.5) is 0 Å². The molecule has 2 aromatic carbocycles. The Morgan fingerprint density at radius 2 is 1.33 bits per heavy atom. The predicted octanol–water partition coefficient (Wildman–Crippen LogP) is 4.66. The number of benzene rings is 2. The van der Waals surface area contributed by atoms with E-state index in [-0.39, 0.29) is 12.2 Å². The van der Waals surface area contributed by atoms with Crippen LogP contribution in [0.5, 0.6) is 0 Å². The lowest BCUT2D eigenvalue weighted by atomic mass is 9.83. The molecule has 0 amide bonds. The zero-order valence-corrected chi connectivity index (χ0v) is 15.7. The second-order valence-electron chi connectivity index (χ2n) is 6.06. The van der Waals surface area contributed by atoms with Crippen LogP contribution < -0.4 is 0 Å². The molecule has 0 aliphatic carbocycles. The Balaban J connectivity index is 2.54. The maximum Gasteiger partial charge on any atom is 0.334 e. The molecule has 0 fully saturated rings. The number of esters is 1. The molecule has 4 heteroatoms. The van der Waals surface area contributed by atoms with Gasteiger partial charge in [-0.15, -0.1) is 0 Å². The SMILES string of the molecule is CCC/C=C(/C(=O)OCC)C(C(=O)c1ccccc1)C(=O)c1ccccc1. The molecule has 0 radical (unpaired) electrons. The van der Waals surface area contributed by atoms with Crippen molar-refractivity contribution in [3.05, 3.63) is 83.4 Å². The van der Waals surface area contributed by atoms with E-state index < -0.39 is 23.5 Å². The van der Waals surface area contributed by atoms with E-state index in [1.54, 1.807) is 73.7 Å². The van der Waals surface area contributed by atoms with E-state index in [2.05, 4.69) is 0 Å². The van der Waals surface area contributed by atoms with Gasteiger partial charge >= 0.3 is 5.97 Å². The number of rotatable bonds is 9. The molecule has 0 spiro atoms. The number of carbonyl (C=O) groups excluding carboxylic acids is 3. The summed E-state index contributed by atoms with van der Waals surface area (Å²) in [6, 6.07) is 17.1. The van der Waals surface area contributed by atoms with Gasteiger partial charge in [0.05, 0.1) is 12.2 Å². The van der Waals surface area contributed by atoms with E-state index in [4.69, 9.17) is 4.74 Å². The molecule has 0 atom stereocenters. The van der Waals surface area contributed by atoms with Crippen molar-refractivity contribution in [1.82, 2.24) is 0 Å². The Bertz CT molecular complexity index is 755. The summed E-state index contributed by atoms with van der Waals surface area (Å²) in [4.78, 5) is 39.0. The first-order valence-electron chi connectivity index (χ1n) is 9.15. The van der Waals surface area contributed by atoms with E-state index in [0.717, 1.165) is 6.42 Å². The van der Waals surface area contributed by atoms with Crippen molar-refractivity contribution in [2.75, 3.05) is 6.61 Å². The minimum absolute atomic E-state index is 0.112. The van der Waals surface area contributed by atoms with Crippen molar-refractivity contribution >= 4 is 17.5 Å². The number of carbonyl (C=O) groups is 3. The van der Waals surface area contributed by atoms with Gasteiger partial charge in [0, 0.05) is 11.1 Å². The molecule has 140 valence electrons. The maximum absolute atomic E-state index is 13.2. The van der Waals surface area contributed by atoms with Gasteiger partial charge in [0.15, 0.2) is 11.6 Å². The number of ether oxygens (including phenoxy) is 1. The van der Waals surface area contributed by atoms with Crippen LogP contribution in [0.3, 0.4) is 0 Å². The zero-order valence-electron chi connectivity index (χ0n) is 15.7. The lowest BCUT2D eigenvalue weighted by molar-refractivity contribution is -0.138. The van der Waals surface area contributed by atoms with Crippen LogP contribution in [0.1, 0.15) is 47.4 Å². The van der Waals surface area contributed by atoms with Crippen molar-refractivity contribution in [3.8, 4) is 0 Å². The first kappa shape index (κ1) is 20.3. The van der Waals surface area contributed by atoms with Crippen molar-refractivity contribution in [1.29, 1.82) is 0 Å². The molecular formula is C23H24O4. The summed E-state index contributed by atoms with van der Waals surface area (Å²) in [6.07, 6.45) is 3.02. The maximum atomic E-state index is 13.2. The van der Waals surface area contributed by atoms with Crippen molar-refractivity contribution in [2.45, 2.75) is 26.7 Å². The fourth-order valence-corrected chi connectivity index (χ4v) is 2.77. The summed E-state index contributed by atoms with van der Waals surface area (Å²) in [5.74, 6) is -2.65. The molecular weight excluding hydrogens is 340 g/mol. The molecule has 0 unspecified atom stereocenters. The van der Waals surface area contributed by atoms with Gasteiger partial charge in [-0.05, 0) is 13.3 Å². The van der Waals surface area contributed by atoms with Crippen molar-refractivity contribution < 1.29 is 19.1 Å². The second kappa shape index (κ2) is 10.2. The standard InChI is InChI=1S/C23H24O4/c1-3-5-16-19(23(26)27-4-2)20(21(24)17-12-8-6-9-13-17)22(25)18-14-10-7-11-15-18/h6-16,20H,3-5H2,1-2H3/b19-16+. The molecule has 4 nitrogen and oxygen atoms in total. The second-order valence-corrected chi connectivity index (χ2v) is 6.06. The Morgan fingerprint density at radius 1 is 0.852 bits per heavy atom. The molecule has 0 aliphatic heterocycles. The van der Waals surface area contributed by atoms with Crippen LogP contribution in [0.2, 0.25) is 0 Å². The number of hydrogen-bond donors (Lipinski definition) is 0. The highest BCUT2D eigenvalue weighted by Gasteiger charge is 2.35. The van der Waals surface area contributed by atoms with Gasteiger partial charge in [0.25, 0.3) is 0 Å². The van der Waals surface area contributed by atoms with E-state index in [9.17, 15) is 14.4 Å². The van der Waals surface area contributed by atoms with Gasteiger partial charge in [-0.25, -0.2) is 4.79 Å². The molecule has 0 aliphatic rings. The quantitative estimate of drug-likeness (QED) is 0.281. The Labute approximate surface area is 159 Å². The highest BCUT2D eigenvalue weighted by Crippen LogP contribution is 2.24. The molecule has 2 rings (SSSR count). The summed E-state index contributed by atoms with van der Waals surface area (Å²) in [6.45, 7) is 3.84. The summed E-state index contributed by atoms with van der Waals surface area (Å²) in [5, 5.41) is 0. The number of ketones is 2. The number of hydrogen-bond acceptors (Lipinski definition) is 4. The Morgan fingerprint density at radius 3 is 1.74 bits per heavy atom. The number of Topliss-reactive ketones (excluding diaryl/α,β-unsaturated/α-hetero) is 2. The van der Waals surface area contributed by atoms with E-state index in [0.29, 0.717) is 17.5 Å².